The lowest BCUT2D eigenvalue weighted by Crippen LogP contribution is -2.27. The normalized spacial score (nSPS) is 11.3. The zero-order valence-corrected chi connectivity index (χ0v) is 21.5. The lowest BCUT2D eigenvalue weighted by Gasteiger charge is -2.18. The van der Waals surface area contributed by atoms with Gasteiger partial charge < -0.3 is 19.5 Å². The van der Waals surface area contributed by atoms with Crippen LogP contribution in [-0.4, -0.2) is 40.7 Å². The van der Waals surface area contributed by atoms with Crippen molar-refractivity contribution in [3.8, 4) is 16.9 Å². The van der Waals surface area contributed by atoms with Gasteiger partial charge >= 0.3 is 0 Å². The van der Waals surface area contributed by atoms with Gasteiger partial charge in [0.2, 0.25) is 0 Å². The first-order valence-corrected chi connectivity index (χ1v) is 12.3. The molecule has 2 aromatic carbocycles. The van der Waals surface area contributed by atoms with E-state index in [4.69, 9.17) is 27.9 Å². The summed E-state index contributed by atoms with van der Waals surface area (Å²) in [6.45, 7) is 7.81. The summed E-state index contributed by atoms with van der Waals surface area (Å²) in [6, 6.07) is 16.6. The van der Waals surface area contributed by atoms with E-state index in [2.05, 4.69) is 29.0 Å². The summed E-state index contributed by atoms with van der Waals surface area (Å²) < 4.78 is 7.52. The van der Waals surface area contributed by atoms with E-state index in [1.807, 2.05) is 30.3 Å². The molecule has 0 fully saturated rings. The Hall–Kier alpha value is -3.06. The number of aromatic nitrogens is 2. The van der Waals surface area contributed by atoms with Gasteiger partial charge in [0.25, 0.3) is 5.56 Å². The van der Waals surface area contributed by atoms with Gasteiger partial charge in [0, 0.05) is 48.6 Å². The second-order valence-electron chi connectivity index (χ2n) is 8.18. The monoisotopic (exact) mass is 510 g/mol. The van der Waals surface area contributed by atoms with Crippen LogP contribution in [-0.2, 0) is 7.05 Å². The van der Waals surface area contributed by atoms with E-state index >= 15 is 0 Å². The number of fused-ring (bicyclic) bond motifs is 1. The number of aryl methyl sites for hydroxylation is 1. The van der Waals surface area contributed by atoms with Crippen molar-refractivity contribution in [2.75, 3.05) is 31.6 Å². The van der Waals surface area contributed by atoms with Crippen molar-refractivity contribution in [1.29, 1.82) is 0 Å². The van der Waals surface area contributed by atoms with Gasteiger partial charge in [-0.25, -0.2) is 4.98 Å². The number of nitrogens with one attached hydrogen (secondary N) is 1. The molecule has 4 aromatic rings. The average molecular weight is 511 g/mol. The number of ether oxygens (including phenoxy) is 1. The van der Waals surface area contributed by atoms with E-state index in [0.717, 1.165) is 42.0 Å². The molecule has 6 nitrogen and oxygen atoms in total. The number of pyridine rings is 2. The van der Waals surface area contributed by atoms with Crippen LogP contribution in [0.3, 0.4) is 0 Å². The first-order valence-electron chi connectivity index (χ1n) is 11.6. The third kappa shape index (κ3) is 5.61. The van der Waals surface area contributed by atoms with Gasteiger partial charge in [-0.1, -0.05) is 49.2 Å². The Kier molecular flexibility index (Phi) is 7.96. The average Bonchev–Trinajstić information content (AvgIpc) is 2.85. The van der Waals surface area contributed by atoms with Crippen LogP contribution >= 0.6 is 23.2 Å². The molecule has 0 saturated carbocycles. The Morgan fingerprint density at radius 3 is 2.46 bits per heavy atom. The van der Waals surface area contributed by atoms with E-state index in [0.29, 0.717) is 33.6 Å². The number of hydrogen-bond acceptors (Lipinski definition) is 5. The molecule has 0 atom stereocenters. The molecule has 8 heteroatoms. The van der Waals surface area contributed by atoms with Crippen LogP contribution in [0.25, 0.3) is 22.0 Å². The fraction of sp³-hybridized carbons (Fsp3) is 0.259. The molecule has 0 unspecified atom stereocenters. The summed E-state index contributed by atoms with van der Waals surface area (Å²) in [5.74, 6) is 1.41. The van der Waals surface area contributed by atoms with Crippen LogP contribution in [0.2, 0.25) is 10.0 Å². The minimum Gasteiger partial charge on any atom is -0.492 e. The number of likely N-dealkylation sites (N-methyl/N-ethyl adjacent to an activating group) is 1. The van der Waals surface area contributed by atoms with Crippen LogP contribution in [0.1, 0.15) is 13.8 Å². The highest BCUT2D eigenvalue weighted by atomic mass is 35.5. The molecule has 0 aliphatic carbocycles. The first kappa shape index (κ1) is 25.0. The van der Waals surface area contributed by atoms with Crippen LogP contribution in [0.15, 0.2) is 65.6 Å². The Morgan fingerprint density at radius 1 is 1.03 bits per heavy atom. The fourth-order valence-electron chi connectivity index (χ4n) is 4.01. The molecule has 0 aliphatic rings. The van der Waals surface area contributed by atoms with Crippen LogP contribution in [0.5, 0.6) is 5.75 Å². The molecule has 0 saturated heterocycles. The smallest absolute Gasteiger partial charge is 0.258 e. The first-order chi connectivity index (χ1) is 16.9. The Labute approximate surface area is 215 Å². The maximum Gasteiger partial charge on any atom is 0.258 e. The maximum absolute atomic E-state index is 13.2. The lowest BCUT2D eigenvalue weighted by molar-refractivity contribution is 0.223. The number of halogens is 2. The molecule has 2 aromatic heterocycles. The molecule has 1 N–H and O–H groups in total. The van der Waals surface area contributed by atoms with Crippen molar-refractivity contribution >= 4 is 45.6 Å². The van der Waals surface area contributed by atoms with Crippen molar-refractivity contribution in [2.24, 2.45) is 7.05 Å². The molecule has 2 heterocycles. The number of rotatable bonds is 9. The van der Waals surface area contributed by atoms with Crippen molar-refractivity contribution in [2.45, 2.75) is 13.8 Å². The molecule has 0 bridgehead atoms. The SMILES string of the molecule is CCN(CC)CCOc1cccc(Nc2cc3c(cn2)cc(-c2c(Cl)cccc2Cl)c(=O)n3C)c1. The van der Waals surface area contributed by atoms with Gasteiger partial charge in [0.1, 0.15) is 18.2 Å². The summed E-state index contributed by atoms with van der Waals surface area (Å²) in [4.78, 5) is 20.0. The molecular weight excluding hydrogens is 483 g/mol. The molecule has 0 aliphatic heterocycles. The van der Waals surface area contributed by atoms with Crippen molar-refractivity contribution < 1.29 is 4.74 Å². The fourth-order valence-corrected chi connectivity index (χ4v) is 4.61. The minimum absolute atomic E-state index is 0.187. The van der Waals surface area contributed by atoms with Gasteiger partial charge in [-0.05, 0) is 43.4 Å². The molecule has 4 rings (SSSR count). The largest absolute Gasteiger partial charge is 0.492 e. The second-order valence-corrected chi connectivity index (χ2v) is 8.99. The summed E-state index contributed by atoms with van der Waals surface area (Å²) >= 11 is 12.7. The third-order valence-corrected chi connectivity index (χ3v) is 6.65. The van der Waals surface area contributed by atoms with Crippen LogP contribution in [0, 0.1) is 0 Å². The van der Waals surface area contributed by atoms with E-state index in [9.17, 15) is 4.79 Å². The van der Waals surface area contributed by atoms with E-state index in [1.54, 1.807) is 42.1 Å². The van der Waals surface area contributed by atoms with Crippen molar-refractivity contribution in [3.63, 3.8) is 0 Å². The minimum atomic E-state index is -0.187. The number of benzene rings is 2. The standard InChI is InChI=1S/C27H28Cl2N4O2/c1-4-33(5-2)12-13-35-20-9-6-8-19(15-20)31-25-16-24-18(17-30-25)14-21(27(34)32(24)3)26-22(28)10-7-11-23(26)29/h6-11,14-17H,4-5,12-13H2,1-3H3,(H,30,31). The highest BCUT2D eigenvalue weighted by Crippen LogP contribution is 2.34. The molecule has 182 valence electrons. The summed E-state index contributed by atoms with van der Waals surface area (Å²) in [5.41, 5.74) is 2.37. The summed E-state index contributed by atoms with van der Waals surface area (Å²) in [7, 11) is 1.73. The Balaban J connectivity index is 1.58. The molecule has 0 spiro atoms. The quantitative estimate of drug-likeness (QED) is 0.283. The number of nitrogens with zero attached hydrogens (tertiary/aromatic N) is 3. The van der Waals surface area contributed by atoms with Gasteiger partial charge in [-0.3, -0.25) is 4.79 Å². The third-order valence-electron chi connectivity index (χ3n) is 6.02. The summed E-state index contributed by atoms with van der Waals surface area (Å²) in [6.07, 6.45) is 1.73. The Morgan fingerprint density at radius 2 is 1.74 bits per heavy atom. The van der Waals surface area contributed by atoms with Gasteiger partial charge in [-0.2, -0.15) is 0 Å². The maximum atomic E-state index is 13.2. The van der Waals surface area contributed by atoms with E-state index in [-0.39, 0.29) is 5.56 Å². The van der Waals surface area contributed by atoms with Crippen molar-refractivity contribution in [3.05, 3.63) is 81.2 Å². The number of hydrogen-bond donors (Lipinski definition) is 1. The van der Waals surface area contributed by atoms with Gasteiger partial charge in [0.05, 0.1) is 21.1 Å². The van der Waals surface area contributed by atoms with Gasteiger partial charge in [0.15, 0.2) is 0 Å². The van der Waals surface area contributed by atoms with Gasteiger partial charge in [-0.15, -0.1) is 0 Å². The van der Waals surface area contributed by atoms with E-state index < -0.39 is 0 Å². The number of anilines is 2. The predicted octanol–water partition coefficient (Wildman–Crippen LogP) is 6.37. The van der Waals surface area contributed by atoms with E-state index in [1.165, 1.54) is 0 Å². The molecule has 0 radical (unpaired) electrons. The molecule has 0 amide bonds. The highest BCUT2D eigenvalue weighted by Gasteiger charge is 2.15. The zero-order chi connectivity index (χ0) is 24.9. The highest BCUT2D eigenvalue weighted by molar-refractivity contribution is 6.39. The lowest BCUT2D eigenvalue weighted by atomic mass is 10.1. The topological polar surface area (TPSA) is 59.4 Å². The van der Waals surface area contributed by atoms with Crippen LogP contribution < -0.4 is 15.6 Å². The van der Waals surface area contributed by atoms with Crippen molar-refractivity contribution in [1.82, 2.24) is 14.5 Å². The summed E-state index contributed by atoms with van der Waals surface area (Å²) in [5, 5.41) is 4.97. The zero-order valence-electron chi connectivity index (χ0n) is 20.0. The predicted molar refractivity (Wildman–Crippen MR) is 145 cm³/mol. The molecular formula is C27H28Cl2N4O2. The Bertz CT molecular complexity index is 1380. The second kappa shape index (κ2) is 11.1. The molecule has 35 heavy (non-hydrogen) atoms. The van der Waals surface area contributed by atoms with Crippen LogP contribution in [0.4, 0.5) is 11.5 Å².